The van der Waals surface area contributed by atoms with Crippen molar-refractivity contribution in [1.29, 1.82) is 0 Å². The number of aryl methyl sites for hydroxylation is 2. The Labute approximate surface area is 124 Å². The Kier molecular flexibility index (Phi) is 3.07. The molecule has 2 aromatic heterocycles. The van der Waals surface area contributed by atoms with Crippen LogP contribution < -0.4 is 4.57 Å². The SMILES string of the molecule is Cc1sc(C)[n+](-c2c([N+](=O)[O-])sc3ccccc23)c1C. The van der Waals surface area contributed by atoms with E-state index >= 15 is 0 Å². The zero-order valence-corrected chi connectivity index (χ0v) is 13.0. The number of hydrogen-bond donors (Lipinski definition) is 0. The number of benzene rings is 1. The van der Waals surface area contributed by atoms with Gasteiger partial charge in [-0.2, -0.15) is 0 Å². The molecule has 0 spiro atoms. The number of hydrogen-bond acceptors (Lipinski definition) is 4. The van der Waals surface area contributed by atoms with Crippen LogP contribution in [0.2, 0.25) is 0 Å². The molecule has 1 aromatic carbocycles. The van der Waals surface area contributed by atoms with E-state index in [1.54, 1.807) is 11.3 Å². The average molecular weight is 305 g/mol. The molecule has 0 fully saturated rings. The molecule has 3 rings (SSSR count). The molecule has 6 heteroatoms. The molecular formula is C14H13N2O2S2+. The van der Waals surface area contributed by atoms with E-state index in [-0.39, 0.29) is 9.92 Å². The van der Waals surface area contributed by atoms with Gasteiger partial charge in [0, 0.05) is 18.5 Å². The zero-order valence-electron chi connectivity index (χ0n) is 11.3. The van der Waals surface area contributed by atoms with Gasteiger partial charge in [0.1, 0.15) is 0 Å². The first kappa shape index (κ1) is 13.2. The van der Waals surface area contributed by atoms with E-state index in [2.05, 4.69) is 0 Å². The van der Waals surface area contributed by atoms with Crippen molar-refractivity contribution in [2.24, 2.45) is 0 Å². The first-order valence-electron chi connectivity index (χ1n) is 6.15. The van der Waals surface area contributed by atoms with Crippen molar-refractivity contribution in [3.05, 3.63) is 50.0 Å². The Bertz CT molecular complexity index is 833. The summed E-state index contributed by atoms with van der Waals surface area (Å²) < 4.78 is 2.96. The van der Waals surface area contributed by atoms with Crippen molar-refractivity contribution in [2.45, 2.75) is 20.8 Å². The third-order valence-electron chi connectivity index (χ3n) is 3.40. The van der Waals surface area contributed by atoms with E-state index < -0.39 is 0 Å². The fourth-order valence-corrected chi connectivity index (χ4v) is 4.42. The lowest BCUT2D eigenvalue weighted by atomic mass is 10.2. The number of thiophene rings is 1. The molecule has 0 aliphatic rings. The molecule has 0 saturated heterocycles. The predicted octanol–water partition coefficient (Wildman–Crippen LogP) is 4.07. The Morgan fingerprint density at radius 2 is 1.85 bits per heavy atom. The summed E-state index contributed by atoms with van der Waals surface area (Å²) in [5, 5.41) is 13.6. The minimum Gasteiger partial charge on any atom is -0.257 e. The highest BCUT2D eigenvalue weighted by Gasteiger charge is 2.34. The van der Waals surface area contributed by atoms with Crippen molar-refractivity contribution in [3.63, 3.8) is 0 Å². The van der Waals surface area contributed by atoms with Crippen LogP contribution in [-0.4, -0.2) is 4.92 Å². The lowest BCUT2D eigenvalue weighted by Gasteiger charge is -1.95. The molecule has 0 bridgehead atoms. The van der Waals surface area contributed by atoms with Crippen LogP contribution in [0.25, 0.3) is 15.8 Å². The van der Waals surface area contributed by atoms with Gasteiger partial charge in [0.15, 0.2) is 5.69 Å². The van der Waals surface area contributed by atoms with Gasteiger partial charge in [-0.3, -0.25) is 10.1 Å². The number of rotatable bonds is 2. The summed E-state index contributed by atoms with van der Waals surface area (Å²) in [6, 6.07) is 7.72. The fraction of sp³-hybridized carbons (Fsp3) is 0.214. The number of nitro groups is 1. The minimum atomic E-state index is -0.279. The van der Waals surface area contributed by atoms with Crippen LogP contribution in [0.1, 0.15) is 15.6 Å². The summed E-state index contributed by atoms with van der Waals surface area (Å²) in [6.45, 7) is 6.06. The van der Waals surface area contributed by atoms with Crippen molar-refractivity contribution in [3.8, 4) is 5.69 Å². The molecule has 4 nitrogen and oxygen atoms in total. The lowest BCUT2D eigenvalue weighted by Crippen LogP contribution is -2.35. The van der Waals surface area contributed by atoms with Gasteiger partial charge in [-0.15, -0.1) is 4.57 Å². The first-order valence-corrected chi connectivity index (χ1v) is 7.79. The van der Waals surface area contributed by atoms with Crippen molar-refractivity contribution < 1.29 is 9.49 Å². The maximum Gasteiger partial charge on any atom is 0.396 e. The minimum absolute atomic E-state index is 0.209. The molecule has 20 heavy (non-hydrogen) atoms. The summed E-state index contributed by atoms with van der Waals surface area (Å²) >= 11 is 2.91. The Morgan fingerprint density at radius 3 is 2.45 bits per heavy atom. The number of thiazole rings is 1. The topological polar surface area (TPSA) is 47.0 Å². The van der Waals surface area contributed by atoms with Gasteiger partial charge < -0.3 is 0 Å². The van der Waals surface area contributed by atoms with Gasteiger partial charge in [-0.05, 0) is 19.1 Å². The molecule has 3 aromatic rings. The smallest absolute Gasteiger partial charge is 0.257 e. The van der Waals surface area contributed by atoms with Crippen LogP contribution in [0, 0.1) is 30.9 Å². The predicted molar refractivity (Wildman–Crippen MR) is 82.1 cm³/mol. The van der Waals surface area contributed by atoms with Gasteiger partial charge in [-0.1, -0.05) is 34.8 Å². The van der Waals surface area contributed by atoms with Crippen LogP contribution in [0.5, 0.6) is 0 Å². The van der Waals surface area contributed by atoms with Crippen molar-refractivity contribution in [1.82, 2.24) is 0 Å². The van der Waals surface area contributed by atoms with Crippen LogP contribution >= 0.6 is 22.7 Å². The van der Waals surface area contributed by atoms with E-state index in [1.165, 1.54) is 16.2 Å². The normalized spacial score (nSPS) is 11.2. The largest absolute Gasteiger partial charge is 0.396 e. The quantitative estimate of drug-likeness (QED) is 0.407. The number of aromatic nitrogens is 1. The maximum absolute atomic E-state index is 11.4. The lowest BCUT2D eigenvalue weighted by molar-refractivity contribution is -0.606. The molecular weight excluding hydrogens is 292 g/mol. The number of nitrogens with zero attached hydrogens (tertiary/aromatic N) is 2. The van der Waals surface area contributed by atoms with E-state index in [0.29, 0.717) is 5.69 Å². The molecule has 0 aliphatic heterocycles. The Morgan fingerprint density at radius 1 is 1.15 bits per heavy atom. The summed E-state index contributed by atoms with van der Waals surface area (Å²) in [4.78, 5) is 12.3. The van der Waals surface area contributed by atoms with Crippen LogP contribution in [0.4, 0.5) is 5.00 Å². The molecule has 0 unspecified atom stereocenters. The van der Waals surface area contributed by atoms with Gasteiger partial charge in [-0.25, -0.2) is 0 Å². The van der Waals surface area contributed by atoms with Crippen molar-refractivity contribution in [2.75, 3.05) is 0 Å². The molecule has 0 atom stereocenters. The summed E-state index contributed by atoms with van der Waals surface area (Å²) in [5.74, 6) is 0. The van der Waals surface area contributed by atoms with E-state index in [1.807, 2.05) is 49.6 Å². The molecule has 2 heterocycles. The van der Waals surface area contributed by atoms with Crippen LogP contribution in [0.15, 0.2) is 24.3 Å². The van der Waals surface area contributed by atoms with Crippen LogP contribution in [0.3, 0.4) is 0 Å². The Hall–Kier alpha value is -1.79. The molecule has 102 valence electrons. The summed E-state index contributed by atoms with van der Waals surface area (Å²) in [5.41, 5.74) is 1.77. The first-order chi connectivity index (χ1) is 9.50. The second kappa shape index (κ2) is 4.64. The highest BCUT2D eigenvalue weighted by atomic mass is 32.1. The van der Waals surface area contributed by atoms with Gasteiger partial charge in [0.25, 0.3) is 0 Å². The third-order valence-corrected chi connectivity index (χ3v) is 5.59. The maximum atomic E-state index is 11.4. The van der Waals surface area contributed by atoms with Crippen LogP contribution in [-0.2, 0) is 0 Å². The molecule has 0 aliphatic carbocycles. The second-order valence-electron chi connectivity index (χ2n) is 4.61. The average Bonchev–Trinajstić information content (AvgIpc) is 2.89. The molecule has 0 N–H and O–H groups in total. The number of fused-ring (bicyclic) bond motifs is 1. The van der Waals surface area contributed by atoms with Gasteiger partial charge >= 0.3 is 10.7 Å². The second-order valence-corrected chi connectivity index (χ2v) is 7.05. The van der Waals surface area contributed by atoms with Gasteiger partial charge in [0.05, 0.1) is 15.2 Å². The zero-order chi connectivity index (χ0) is 14.4. The highest BCUT2D eigenvalue weighted by Crippen LogP contribution is 2.38. The Balaban J connectivity index is 2.45. The summed E-state index contributed by atoms with van der Waals surface area (Å²) in [6.07, 6.45) is 0. The standard InChI is InChI=1S/C14H13N2O2S2/c1-8-9(2)19-10(3)15(8)13-11-6-4-5-7-12(11)20-14(13)16(17)18/h4-7H,1-3H3/q+1. The van der Waals surface area contributed by atoms with E-state index in [4.69, 9.17) is 0 Å². The van der Waals surface area contributed by atoms with E-state index in [9.17, 15) is 10.1 Å². The monoisotopic (exact) mass is 305 g/mol. The third kappa shape index (κ3) is 1.83. The fourth-order valence-electron chi connectivity index (χ4n) is 2.42. The highest BCUT2D eigenvalue weighted by molar-refractivity contribution is 7.22. The van der Waals surface area contributed by atoms with E-state index in [0.717, 1.165) is 20.8 Å². The molecule has 0 amide bonds. The molecule has 0 saturated carbocycles. The summed E-state index contributed by atoms with van der Waals surface area (Å²) in [7, 11) is 0. The van der Waals surface area contributed by atoms with Gasteiger partial charge in [0.2, 0.25) is 5.01 Å². The van der Waals surface area contributed by atoms with Crippen molar-refractivity contribution >= 4 is 37.8 Å². The molecule has 0 radical (unpaired) electrons.